The highest BCUT2D eigenvalue weighted by molar-refractivity contribution is 7.89. The minimum Gasteiger partial charge on any atom is -0.312 e. The van der Waals surface area contributed by atoms with Crippen molar-refractivity contribution < 1.29 is 13.2 Å². The predicted molar refractivity (Wildman–Crippen MR) is 138 cm³/mol. The topological polar surface area (TPSA) is 71.7 Å². The standard InChI is InChI=1S/C26H31N3O3S2/c1-5-16-29-23-15-12-20(18(2)3)17-24(23)33-26(29)27-25(30)19-10-13-22(14-11-19)34(31,32)28(4)21-8-6-7-9-21/h5,10-15,17-18,21H,1,6-9,16H2,2-4H3. The van der Waals surface area contributed by atoms with Gasteiger partial charge >= 0.3 is 0 Å². The van der Waals surface area contributed by atoms with E-state index in [2.05, 4.69) is 43.6 Å². The fraction of sp³-hybridized carbons (Fsp3) is 0.385. The first-order valence-electron chi connectivity index (χ1n) is 11.6. The second-order valence-electron chi connectivity index (χ2n) is 9.07. The molecule has 0 spiro atoms. The second-order valence-corrected chi connectivity index (χ2v) is 12.1. The first-order chi connectivity index (χ1) is 16.2. The van der Waals surface area contributed by atoms with Crippen LogP contribution in [0.15, 0.2) is 65.0 Å². The van der Waals surface area contributed by atoms with Gasteiger partial charge in [-0.3, -0.25) is 4.79 Å². The van der Waals surface area contributed by atoms with Gasteiger partial charge in [0.1, 0.15) is 0 Å². The van der Waals surface area contributed by atoms with Crippen LogP contribution in [0, 0.1) is 0 Å². The van der Waals surface area contributed by atoms with Gasteiger partial charge < -0.3 is 4.57 Å². The highest BCUT2D eigenvalue weighted by Crippen LogP contribution is 2.27. The molecule has 1 heterocycles. The Hall–Kier alpha value is -2.55. The lowest BCUT2D eigenvalue weighted by atomic mass is 10.0. The van der Waals surface area contributed by atoms with Crippen LogP contribution in [0.4, 0.5) is 0 Å². The number of carbonyl (C=O) groups excluding carboxylic acids is 1. The third-order valence-corrected chi connectivity index (χ3v) is 9.46. The summed E-state index contributed by atoms with van der Waals surface area (Å²) in [7, 11) is -1.94. The number of hydrogen-bond acceptors (Lipinski definition) is 4. The number of sulfonamides is 1. The number of allylic oxidation sites excluding steroid dienone is 1. The van der Waals surface area contributed by atoms with Crippen LogP contribution in [-0.4, -0.2) is 36.3 Å². The molecule has 0 unspecified atom stereocenters. The summed E-state index contributed by atoms with van der Waals surface area (Å²) in [6.45, 7) is 8.68. The molecule has 4 rings (SSSR count). The summed E-state index contributed by atoms with van der Waals surface area (Å²) < 4.78 is 30.5. The van der Waals surface area contributed by atoms with Gasteiger partial charge in [-0.2, -0.15) is 9.30 Å². The van der Waals surface area contributed by atoms with Crippen LogP contribution in [0.5, 0.6) is 0 Å². The molecule has 6 nitrogen and oxygen atoms in total. The number of aromatic nitrogens is 1. The zero-order chi connectivity index (χ0) is 24.5. The monoisotopic (exact) mass is 497 g/mol. The van der Waals surface area contributed by atoms with Gasteiger partial charge in [-0.25, -0.2) is 8.42 Å². The molecule has 0 bridgehead atoms. The highest BCUT2D eigenvalue weighted by Gasteiger charge is 2.30. The molecule has 2 aromatic carbocycles. The van der Waals surface area contributed by atoms with Crippen molar-refractivity contribution in [1.82, 2.24) is 8.87 Å². The van der Waals surface area contributed by atoms with Gasteiger partial charge in [0.2, 0.25) is 10.0 Å². The summed E-state index contributed by atoms with van der Waals surface area (Å²) in [5.41, 5.74) is 2.60. The quantitative estimate of drug-likeness (QED) is 0.415. The number of hydrogen-bond donors (Lipinski definition) is 0. The molecule has 0 atom stereocenters. The number of benzene rings is 2. The maximum atomic E-state index is 13.0. The molecule has 1 aliphatic carbocycles. The Morgan fingerprint density at radius 3 is 2.50 bits per heavy atom. The molecule has 1 aromatic heterocycles. The van der Waals surface area contributed by atoms with Gasteiger partial charge in [-0.1, -0.05) is 50.2 Å². The van der Waals surface area contributed by atoms with Crippen molar-refractivity contribution in [2.45, 2.75) is 62.9 Å². The molecule has 1 saturated carbocycles. The minimum absolute atomic E-state index is 0.0470. The van der Waals surface area contributed by atoms with Gasteiger partial charge in [0.15, 0.2) is 4.80 Å². The SMILES string of the molecule is C=CCn1c(=NC(=O)c2ccc(S(=O)(=O)N(C)C3CCCC3)cc2)sc2cc(C(C)C)ccc21. The molecule has 1 aliphatic rings. The van der Waals surface area contributed by atoms with Crippen molar-refractivity contribution in [3.8, 4) is 0 Å². The zero-order valence-corrected chi connectivity index (χ0v) is 21.5. The summed E-state index contributed by atoms with van der Waals surface area (Å²) in [6, 6.07) is 12.5. The van der Waals surface area contributed by atoms with Gasteiger partial charge in [-0.15, -0.1) is 6.58 Å². The van der Waals surface area contributed by atoms with E-state index in [1.165, 1.54) is 33.3 Å². The molecule has 3 aromatic rings. The first-order valence-corrected chi connectivity index (χ1v) is 13.9. The molecular weight excluding hydrogens is 466 g/mol. The average Bonchev–Trinajstić information content (AvgIpc) is 3.47. The zero-order valence-electron chi connectivity index (χ0n) is 19.9. The molecule has 0 radical (unpaired) electrons. The lowest BCUT2D eigenvalue weighted by Gasteiger charge is -2.23. The molecule has 34 heavy (non-hydrogen) atoms. The number of rotatable bonds is 7. The van der Waals surface area contributed by atoms with E-state index in [4.69, 9.17) is 0 Å². The highest BCUT2D eigenvalue weighted by atomic mass is 32.2. The molecule has 8 heteroatoms. The van der Waals surface area contributed by atoms with Gasteiger partial charge in [-0.05, 0) is 60.7 Å². The lowest BCUT2D eigenvalue weighted by molar-refractivity contribution is 0.0997. The Balaban J connectivity index is 1.65. The maximum Gasteiger partial charge on any atom is 0.279 e. The van der Waals surface area contributed by atoms with E-state index in [-0.39, 0.29) is 10.9 Å². The van der Waals surface area contributed by atoms with Crippen LogP contribution in [0.2, 0.25) is 0 Å². The Kier molecular flexibility index (Phi) is 7.21. The first kappa shape index (κ1) is 24.6. The number of carbonyl (C=O) groups is 1. The van der Waals surface area contributed by atoms with Crippen molar-refractivity contribution in [2.24, 2.45) is 4.99 Å². The fourth-order valence-corrected chi connectivity index (χ4v) is 6.89. The van der Waals surface area contributed by atoms with Gasteiger partial charge in [0.25, 0.3) is 5.91 Å². The Bertz CT molecular complexity index is 1380. The maximum absolute atomic E-state index is 13.0. The summed E-state index contributed by atoms with van der Waals surface area (Å²) in [5, 5.41) is 0. The molecule has 0 saturated heterocycles. The normalized spacial score (nSPS) is 15.6. The van der Waals surface area contributed by atoms with Crippen LogP contribution < -0.4 is 4.80 Å². The van der Waals surface area contributed by atoms with E-state index < -0.39 is 15.9 Å². The number of thiazole rings is 1. The average molecular weight is 498 g/mol. The summed E-state index contributed by atoms with van der Waals surface area (Å²) in [5.74, 6) is 0.00503. The van der Waals surface area contributed by atoms with Crippen LogP contribution in [0.25, 0.3) is 10.2 Å². The number of amides is 1. The molecule has 180 valence electrons. The Morgan fingerprint density at radius 1 is 1.21 bits per heavy atom. The van der Waals surface area contributed by atoms with E-state index in [0.29, 0.717) is 22.8 Å². The summed E-state index contributed by atoms with van der Waals surface area (Å²) in [6.07, 6.45) is 5.68. The van der Waals surface area contributed by atoms with E-state index in [1.807, 2.05) is 4.57 Å². The fourth-order valence-electron chi connectivity index (χ4n) is 4.39. The second kappa shape index (κ2) is 9.98. The van der Waals surface area contributed by atoms with Crippen molar-refractivity contribution in [3.63, 3.8) is 0 Å². The van der Waals surface area contributed by atoms with E-state index in [0.717, 1.165) is 35.9 Å². The van der Waals surface area contributed by atoms with Crippen LogP contribution in [-0.2, 0) is 16.6 Å². The number of nitrogens with zero attached hydrogens (tertiary/aromatic N) is 3. The largest absolute Gasteiger partial charge is 0.312 e. The van der Waals surface area contributed by atoms with Crippen molar-refractivity contribution in [1.29, 1.82) is 0 Å². The third-order valence-electron chi connectivity index (χ3n) is 6.50. The minimum atomic E-state index is -3.59. The summed E-state index contributed by atoms with van der Waals surface area (Å²) >= 11 is 1.47. The van der Waals surface area contributed by atoms with Crippen molar-refractivity contribution in [2.75, 3.05) is 7.05 Å². The van der Waals surface area contributed by atoms with E-state index in [1.54, 1.807) is 25.3 Å². The van der Waals surface area contributed by atoms with Crippen LogP contribution in [0.1, 0.15) is 61.4 Å². The Morgan fingerprint density at radius 2 is 1.88 bits per heavy atom. The summed E-state index contributed by atoms with van der Waals surface area (Å²) in [4.78, 5) is 18.1. The Labute approximate surface area is 205 Å². The molecule has 0 N–H and O–H groups in total. The van der Waals surface area contributed by atoms with Gasteiger partial charge in [0, 0.05) is 25.2 Å². The molecule has 1 amide bonds. The lowest BCUT2D eigenvalue weighted by Crippen LogP contribution is -2.35. The molecular formula is C26H31N3O3S2. The van der Waals surface area contributed by atoms with E-state index >= 15 is 0 Å². The third kappa shape index (κ3) is 4.80. The van der Waals surface area contributed by atoms with Gasteiger partial charge in [0.05, 0.1) is 15.1 Å². The number of fused-ring (bicyclic) bond motifs is 1. The van der Waals surface area contributed by atoms with Crippen molar-refractivity contribution >= 4 is 37.5 Å². The van der Waals surface area contributed by atoms with E-state index in [9.17, 15) is 13.2 Å². The van der Waals surface area contributed by atoms with Crippen LogP contribution >= 0.6 is 11.3 Å². The van der Waals surface area contributed by atoms with Crippen LogP contribution in [0.3, 0.4) is 0 Å². The molecule has 1 fully saturated rings. The predicted octanol–water partition coefficient (Wildman–Crippen LogP) is 5.32. The smallest absolute Gasteiger partial charge is 0.279 e. The van der Waals surface area contributed by atoms with Crippen molar-refractivity contribution in [3.05, 3.63) is 71.0 Å². The molecule has 0 aliphatic heterocycles.